The zero-order valence-corrected chi connectivity index (χ0v) is 7.78. The van der Waals surface area contributed by atoms with E-state index in [0.717, 1.165) is 0 Å². The number of methoxy groups -OCH3 is 1. The van der Waals surface area contributed by atoms with Crippen LogP contribution in [0, 0.1) is 0 Å². The second kappa shape index (κ2) is 8.93. The van der Waals surface area contributed by atoms with Crippen molar-refractivity contribution in [2.75, 3.05) is 40.1 Å². The second-order valence-electron chi connectivity index (χ2n) is 2.46. The van der Waals surface area contributed by atoms with E-state index in [2.05, 4.69) is 0 Å². The quantitative estimate of drug-likeness (QED) is 0.533. The Morgan fingerprint density at radius 1 is 1.17 bits per heavy atom. The highest BCUT2D eigenvalue weighted by molar-refractivity contribution is 4.44. The van der Waals surface area contributed by atoms with Gasteiger partial charge in [-0.2, -0.15) is 0 Å². The van der Waals surface area contributed by atoms with E-state index < -0.39 is 0 Å². The molecule has 0 fully saturated rings. The van der Waals surface area contributed by atoms with Crippen molar-refractivity contribution in [1.29, 1.82) is 0 Å². The van der Waals surface area contributed by atoms with Gasteiger partial charge in [0.1, 0.15) is 0 Å². The first-order valence-corrected chi connectivity index (χ1v) is 4.10. The third kappa shape index (κ3) is 7.94. The van der Waals surface area contributed by atoms with Crippen LogP contribution in [0.2, 0.25) is 0 Å². The summed E-state index contributed by atoms with van der Waals surface area (Å²) < 4.78 is 15.2. The average molecular weight is 178 g/mol. The van der Waals surface area contributed by atoms with E-state index in [1.54, 1.807) is 7.11 Å². The Morgan fingerprint density at radius 2 is 1.83 bits per heavy atom. The van der Waals surface area contributed by atoms with E-state index in [0.29, 0.717) is 26.4 Å². The van der Waals surface area contributed by atoms with Gasteiger partial charge >= 0.3 is 0 Å². The molecule has 1 atom stereocenters. The summed E-state index contributed by atoms with van der Waals surface area (Å²) in [6.07, 6.45) is 0.128. The van der Waals surface area contributed by atoms with Crippen molar-refractivity contribution in [3.05, 3.63) is 0 Å². The molecule has 0 radical (unpaired) electrons. The van der Waals surface area contributed by atoms with Crippen LogP contribution >= 0.6 is 0 Å². The van der Waals surface area contributed by atoms with Crippen molar-refractivity contribution in [3.8, 4) is 0 Å². The van der Waals surface area contributed by atoms with Crippen molar-refractivity contribution in [2.45, 2.75) is 13.0 Å². The first kappa shape index (κ1) is 11.8. The molecule has 0 aromatic heterocycles. The van der Waals surface area contributed by atoms with Gasteiger partial charge in [0.05, 0.1) is 39.1 Å². The Balaban J connectivity index is 2.90. The summed E-state index contributed by atoms with van der Waals surface area (Å²) in [6, 6.07) is 0. The van der Waals surface area contributed by atoms with E-state index in [1.807, 2.05) is 6.92 Å². The SMILES string of the molecule is COC(C)COCCOCCO. The van der Waals surface area contributed by atoms with Gasteiger partial charge in [-0.05, 0) is 6.92 Å². The smallest absolute Gasteiger partial charge is 0.0776 e. The van der Waals surface area contributed by atoms with Gasteiger partial charge in [-0.1, -0.05) is 0 Å². The number of aliphatic hydroxyl groups excluding tert-OH is 1. The van der Waals surface area contributed by atoms with Crippen LogP contribution in [0.15, 0.2) is 0 Å². The highest BCUT2D eigenvalue weighted by Crippen LogP contribution is 1.88. The van der Waals surface area contributed by atoms with Crippen LogP contribution in [0.5, 0.6) is 0 Å². The molecule has 0 saturated carbocycles. The van der Waals surface area contributed by atoms with Gasteiger partial charge in [0.2, 0.25) is 0 Å². The minimum Gasteiger partial charge on any atom is -0.394 e. The minimum absolute atomic E-state index is 0.0640. The van der Waals surface area contributed by atoms with Crippen LogP contribution < -0.4 is 0 Å². The number of rotatable bonds is 8. The molecule has 74 valence electrons. The predicted molar refractivity (Wildman–Crippen MR) is 45.2 cm³/mol. The molecule has 0 rings (SSSR count). The maximum Gasteiger partial charge on any atom is 0.0776 e. The first-order valence-electron chi connectivity index (χ1n) is 4.10. The topological polar surface area (TPSA) is 47.9 Å². The minimum atomic E-state index is 0.0640. The van der Waals surface area contributed by atoms with E-state index in [1.165, 1.54) is 0 Å². The lowest BCUT2D eigenvalue weighted by Crippen LogP contribution is -2.16. The summed E-state index contributed by atoms with van der Waals surface area (Å²) >= 11 is 0. The van der Waals surface area contributed by atoms with E-state index in [-0.39, 0.29) is 12.7 Å². The molecule has 0 aliphatic heterocycles. The Hall–Kier alpha value is -0.160. The molecule has 12 heavy (non-hydrogen) atoms. The van der Waals surface area contributed by atoms with Crippen LogP contribution in [0.3, 0.4) is 0 Å². The van der Waals surface area contributed by atoms with Crippen molar-refractivity contribution >= 4 is 0 Å². The fourth-order valence-corrected chi connectivity index (χ4v) is 0.602. The second-order valence-corrected chi connectivity index (χ2v) is 2.46. The predicted octanol–water partition coefficient (Wildman–Crippen LogP) is 0.0468. The lowest BCUT2D eigenvalue weighted by Gasteiger charge is -2.09. The van der Waals surface area contributed by atoms with Crippen LogP contribution in [0.4, 0.5) is 0 Å². The Morgan fingerprint density at radius 3 is 2.42 bits per heavy atom. The molecule has 1 N–H and O–H groups in total. The van der Waals surface area contributed by atoms with Gasteiger partial charge in [-0.3, -0.25) is 0 Å². The number of hydrogen-bond acceptors (Lipinski definition) is 4. The Kier molecular flexibility index (Phi) is 8.81. The highest BCUT2D eigenvalue weighted by atomic mass is 16.5. The van der Waals surface area contributed by atoms with Crippen LogP contribution in [0.1, 0.15) is 6.92 Å². The van der Waals surface area contributed by atoms with Gasteiger partial charge in [-0.15, -0.1) is 0 Å². The summed E-state index contributed by atoms with van der Waals surface area (Å²) in [5.41, 5.74) is 0. The standard InChI is InChI=1S/C8H18O4/c1-8(10-2)7-12-6-5-11-4-3-9/h8-9H,3-7H2,1-2H3. The number of hydrogen-bond donors (Lipinski definition) is 1. The summed E-state index contributed by atoms with van der Waals surface area (Å²) in [7, 11) is 1.65. The molecule has 4 heteroatoms. The fraction of sp³-hybridized carbons (Fsp3) is 1.00. The first-order chi connectivity index (χ1) is 5.81. The Labute approximate surface area is 73.4 Å². The number of aliphatic hydroxyl groups is 1. The van der Waals surface area contributed by atoms with Gasteiger partial charge in [0, 0.05) is 7.11 Å². The molecule has 0 heterocycles. The van der Waals surface area contributed by atoms with Crippen molar-refractivity contribution in [3.63, 3.8) is 0 Å². The largest absolute Gasteiger partial charge is 0.394 e. The third-order valence-corrected chi connectivity index (χ3v) is 1.36. The molecule has 0 spiro atoms. The third-order valence-electron chi connectivity index (χ3n) is 1.36. The Bertz CT molecular complexity index is 87.1. The lowest BCUT2D eigenvalue weighted by molar-refractivity contribution is -0.0107. The lowest BCUT2D eigenvalue weighted by atomic mass is 10.4. The molecule has 0 aliphatic carbocycles. The van der Waals surface area contributed by atoms with Crippen LogP contribution in [0.25, 0.3) is 0 Å². The molecule has 0 aromatic rings. The summed E-state index contributed by atoms with van der Waals surface area (Å²) in [5, 5.41) is 8.36. The van der Waals surface area contributed by atoms with Crippen molar-refractivity contribution < 1.29 is 19.3 Å². The van der Waals surface area contributed by atoms with E-state index >= 15 is 0 Å². The number of ether oxygens (including phenoxy) is 3. The molecule has 0 aliphatic rings. The zero-order chi connectivity index (χ0) is 9.23. The van der Waals surface area contributed by atoms with E-state index in [4.69, 9.17) is 19.3 Å². The van der Waals surface area contributed by atoms with Gasteiger partial charge in [0.25, 0.3) is 0 Å². The molecule has 0 aromatic carbocycles. The van der Waals surface area contributed by atoms with Crippen LogP contribution in [-0.4, -0.2) is 51.4 Å². The van der Waals surface area contributed by atoms with Crippen molar-refractivity contribution in [2.24, 2.45) is 0 Å². The van der Waals surface area contributed by atoms with E-state index in [9.17, 15) is 0 Å². The van der Waals surface area contributed by atoms with Crippen LogP contribution in [-0.2, 0) is 14.2 Å². The normalized spacial score (nSPS) is 13.2. The average Bonchev–Trinajstić information content (AvgIpc) is 2.10. The molecular weight excluding hydrogens is 160 g/mol. The summed E-state index contributed by atoms with van der Waals surface area (Å²) in [6.45, 7) is 4.04. The molecule has 0 bridgehead atoms. The van der Waals surface area contributed by atoms with Gasteiger partial charge < -0.3 is 19.3 Å². The van der Waals surface area contributed by atoms with Crippen molar-refractivity contribution in [1.82, 2.24) is 0 Å². The zero-order valence-electron chi connectivity index (χ0n) is 7.78. The maximum absolute atomic E-state index is 8.36. The fourth-order valence-electron chi connectivity index (χ4n) is 0.602. The molecule has 0 amide bonds. The molecular formula is C8H18O4. The van der Waals surface area contributed by atoms with Gasteiger partial charge in [0.15, 0.2) is 0 Å². The molecule has 4 nitrogen and oxygen atoms in total. The molecule has 1 unspecified atom stereocenters. The summed E-state index contributed by atoms with van der Waals surface area (Å²) in [4.78, 5) is 0. The summed E-state index contributed by atoms with van der Waals surface area (Å²) in [5.74, 6) is 0. The van der Waals surface area contributed by atoms with Gasteiger partial charge in [-0.25, -0.2) is 0 Å². The highest BCUT2D eigenvalue weighted by Gasteiger charge is 1.97. The molecule has 0 saturated heterocycles. The monoisotopic (exact) mass is 178 g/mol. The maximum atomic E-state index is 8.36.